The summed E-state index contributed by atoms with van der Waals surface area (Å²) in [6.45, 7) is 2.68. The van der Waals surface area contributed by atoms with Gasteiger partial charge in [0.15, 0.2) is 0 Å². The molecule has 0 amide bonds. The second kappa shape index (κ2) is 6.34. The number of halogens is 1. The Labute approximate surface area is 123 Å². The van der Waals surface area contributed by atoms with Gasteiger partial charge in [0.05, 0.1) is 0 Å². The highest BCUT2D eigenvalue weighted by Crippen LogP contribution is 2.23. The number of anilines is 4. The molecule has 1 N–H and O–H groups in total. The quantitative estimate of drug-likeness (QED) is 0.911. The van der Waals surface area contributed by atoms with Crippen LogP contribution in [0.5, 0.6) is 0 Å². The Kier molecular flexibility index (Phi) is 4.52. The Hall–Kier alpha value is -2.44. The fraction of sp³-hybridized carbons (Fsp3) is 0.357. The molecule has 0 unspecified atom stereocenters. The van der Waals surface area contributed by atoms with Gasteiger partial charge >= 0.3 is 0 Å². The van der Waals surface area contributed by atoms with Crippen LogP contribution in [-0.2, 0) is 0 Å². The van der Waals surface area contributed by atoms with Gasteiger partial charge in [0.25, 0.3) is 0 Å². The zero-order valence-corrected chi connectivity index (χ0v) is 12.6. The summed E-state index contributed by atoms with van der Waals surface area (Å²) < 4.78 is 13.4. The van der Waals surface area contributed by atoms with Crippen molar-refractivity contribution >= 4 is 23.5 Å². The first-order valence-corrected chi connectivity index (χ1v) is 6.68. The molecule has 0 aliphatic carbocycles. The minimum atomic E-state index is -0.298. The Balaban J connectivity index is 2.41. The van der Waals surface area contributed by atoms with Crippen molar-refractivity contribution in [2.24, 2.45) is 0 Å². The fourth-order valence-corrected chi connectivity index (χ4v) is 1.74. The van der Waals surface area contributed by atoms with Crippen LogP contribution >= 0.6 is 0 Å². The second-order valence-corrected chi connectivity index (χ2v) is 4.72. The van der Waals surface area contributed by atoms with E-state index in [0.717, 1.165) is 0 Å². The first kappa shape index (κ1) is 15.0. The molecule has 2 aromatic rings. The van der Waals surface area contributed by atoms with Gasteiger partial charge in [-0.1, -0.05) is 6.07 Å². The van der Waals surface area contributed by atoms with Gasteiger partial charge in [-0.15, -0.1) is 0 Å². The molecule has 1 aromatic heterocycles. The van der Waals surface area contributed by atoms with E-state index in [4.69, 9.17) is 0 Å². The third-order valence-electron chi connectivity index (χ3n) is 2.84. The molecule has 6 nitrogen and oxygen atoms in total. The summed E-state index contributed by atoms with van der Waals surface area (Å²) in [7, 11) is 5.51. The molecule has 1 aromatic carbocycles. The summed E-state index contributed by atoms with van der Waals surface area (Å²) in [5.41, 5.74) is 0.674. The van der Waals surface area contributed by atoms with Gasteiger partial charge < -0.3 is 15.1 Å². The average Bonchev–Trinajstić information content (AvgIpc) is 2.46. The van der Waals surface area contributed by atoms with Crippen LogP contribution < -0.4 is 15.1 Å². The van der Waals surface area contributed by atoms with E-state index < -0.39 is 0 Å². The normalized spacial score (nSPS) is 10.3. The highest BCUT2D eigenvalue weighted by atomic mass is 19.1. The van der Waals surface area contributed by atoms with Crippen LogP contribution in [0, 0.1) is 5.82 Å². The summed E-state index contributed by atoms with van der Waals surface area (Å²) in [5, 5.41) is 3.07. The van der Waals surface area contributed by atoms with Crippen LogP contribution in [0.4, 0.5) is 27.9 Å². The maximum atomic E-state index is 13.4. The summed E-state index contributed by atoms with van der Waals surface area (Å²) in [6.07, 6.45) is 0. The number of benzene rings is 1. The molecule has 0 saturated heterocycles. The molecule has 0 aliphatic heterocycles. The zero-order chi connectivity index (χ0) is 15.4. The minimum absolute atomic E-state index is 0.298. The van der Waals surface area contributed by atoms with Crippen molar-refractivity contribution in [1.29, 1.82) is 0 Å². The first-order valence-electron chi connectivity index (χ1n) is 6.68. The lowest BCUT2D eigenvalue weighted by Crippen LogP contribution is -2.20. The minimum Gasteiger partial charge on any atom is -0.354 e. The molecule has 0 spiro atoms. The third-order valence-corrected chi connectivity index (χ3v) is 2.84. The molecule has 2 rings (SSSR count). The zero-order valence-electron chi connectivity index (χ0n) is 12.6. The molecular formula is C14H19FN6. The topological polar surface area (TPSA) is 57.2 Å². The summed E-state index contributed by atoms with van der Waals surface area (Å²) >= 11 is 0. The van der Waals surface area contributed by atoms with Crippen LogP contribution in [0.2, 0.25) is 0 Å². The van der Waals surface area contributed by atoms with Crippen molar-refractivity contribution in [3.63, 3.8) is 0 Å². The third kappa shape index (κ3) is 3.56. The lowest BCUT2D eigenvalue weighted by Gasteiger charge is -2.20. The van der Waals surface area contributed by atoms with E-state index in [0.29, 0.717) is 30.1 Å². The number of hydrogen-bond acceptors (Lipinski definition) is 6. The number of rotatable bonds is 5. The summed E-state index contributed by atoms with van der Waals surface area (Å²) in [5.74, 6) is 1.19. The predicted octanol–water partition coefficient (Wildman–Crippen LogP) is 2.28. The first-order chi connectivity index (χ1) is 10.0. The fourth-order valence-electron chi connectivity index (χ4n) is 1.74. The molecule has 0 aliphatic rings. The van der Waals surface area contributed by atoms with Crippen LogP contribution in [0.3, 0.4) is 0 Å². The van der Waals surface area contributed by atoms with Gasteiger partial charge in [-0.05, 0) is 25.1 Å². The van der Waals surface area contributed by atoms with Crippen molar-refractivity contribution in [3.8, 4) is 0 Å². The molecule has 0 fully saturated rings. The average molecular weight is 290 g/mol. The predicted molar refractivity (Wildman–Crippen MR) is 82.8 cm³/mol. The van der Waals surface area contributed by atoms with E-state index in [-0.39, 0.29) is 5.82 Å². The van der Waals surface area contributed by atoms with Gasteiger partial charge in [-0.3, -0.25) is 0 Å². The Morgan fingerprint density at radius 3 is 2.43 bits per heavy atom. The van der Waals surface area contributed by atoms with Crippen LogP contribution in [0.15, 0.2) is 24.3 Å². The molecule has 112 valence electrons. The van der Waals surface area contributed by atoms with E-state index in [1.807, 2.05) is 21.0 Å². The van der Waals surface area contributed by atoms with Crippen molar-refractivity contribution in [2.75, 3.05) is 42.8 Å². The molecule has 0 bridgehead atoms. The number of aromatic nitrogens is 3. The molecule has 21 heavy (non-hydrogen) atoms. The molecular weight excluding hydrogens is 271 g/mol. The second-order valence-electron chi connectivity index (χ2n) is 4.72. The molecule has 0 radical (unpaired) electrons. The Morgan fingerprint density at radius 1 is 1.10 bits per heavy atom. The summed E-state index contributed by atoms with van der Waals surface area (Å²) in [4.78, 5) is 16.6. The van der Waals surface area contributed by atoms with E-state index in [1.165, 1.54) is 12.1 Å². The number of nitrogens with one attached hydrogen (secondary N) is 1. The highest BCUT2D eigenvalue weighted by molar-refractivity contribution is 5.58. The SMILES string of the molecule is CCNc1nc(N(C)C)nc(N(C)c2cccc(F)c2)n1. The molecule has 1 heterocycles. The van der Waals surface area contributed by atoms with Crippen molar-refractivity contribution < 1.29 is 4.39 Å². The number of nitrogens with zero attached hydrogens (tertiary/aromatic N) is 5. The summed E-state index contributed by atoms with van der Waals surface area (Å²) in [6, 6.07) is 6.29. The van der Waals surface area contributed by atoms with Gasteiger partial charge in [0.1, 0.15) is 5.82 Å². The van der Waals surface area contributed by atoms with Crippen LogP contribution in [0.1, 0.15) is 6.92 Å². The van der Waals surface area contributed by atoms with E-state index in [1.54, 1.807) is 29.0 Å². The smallest absolute Gasteiger partial charge is 0.236 e. The van der Waals surface area contributed by atoms with E-state index >= 15 is 0 Å². The van der Waals surface area contributed by atoms with Crippen molar-refractivity contribution in [3.05, 3.63) is 30.1 Å². The number of hydrogen-bond donors (Lipinski definition) is 1. The van der Waals surface area contributed by atoms with Crippen molar-refractivity contribution in [2.45, 2.75) is 6.92 Å². The highest BCUT2D eigenvalue weighted by Gasteiger charge is 2.13. The maximum absolute atomic E-state index is 13.4. The Morgan fingerprint density at radius 2 is 1.81 bits per heavy atom. The lowest BCUT2D eigenvalue weighted by molar-refractivity contribution is 0.628. The van der Waals surface area contributed by atoms with Gasteiger partial charge in [0.2, 0.25) is 17.8 Å². The van der Waals surface area contributed by atoms with Crippen LogP contribution in [-0.4, -0.2) is 42.6 Å². The monoisotopic (exact) mass is 290 g/mol. The maximum Gasteiger partial charge on any atom is 0.236 e. The molecule has 0 saturated carbocycles. The van der Waals surface area contributed by atoms with E-state index in [9.17, 15) is 4.39 Å². The van der Waals surface area contributed by atoms with E-state index in [2.05, 4.69) is 20.3 Å². The largest absolute Gasteiger partial charge is 0.354 e. The van der Waals surface area contributed by atoms with Gasteiger partial charge in [-0.2, -0.15) is 15.0 Å². The Bertz CT molecular complexity index is 616. The van der Waals surface area contributed by atoms with Gasteiger partial charge in [-0.25, -0.2) is 4.39 Å². The van der Waals surface area contributed by atoms with Crippen LogP contribution in [0.25, 0.3) is 0 Å². The van der Waals surface area contributed by atoms with Gasteiger partial charge in [0, 0.05) is 33.4 Å². The molecule has 0 atom stereocenters. The van der Waals surface area contributed by atoms with Crippen molar-refractivity contribution in [1.82, 2.24) is 15.0 Å². The standard InChI is InChI=1S/C14H19FN6/c1-5-16-12-17-13(20(2)3)19-14(18-12)21(4)11-8-6-7-10(15)9-11/h6-9H,5H2,1-4H3,(H,16,17,18,19). The lowest BCUT2D eigenvalue weighted by atomic mass is 10.3. The molecule has 7 heteroatoms.